The average Bonchev–Trinajstić information content (AvgIpc) is 3.67. The van der Waals surface area contributed by atoms with Gasteiger partial charge in [0.1, 0.15) is 29.5 Å². The molecule has 0 N–H and O–H groups in total. The monoisotopic (exact) mass is 675 g/mol. The van der Waals surface area contributed by atoms with Crippen LogP contribution in [-0.2, 0) is 4.79 Å². The molecule has 0 saturated carbocycles. The van der Waals surface area contributed by atoms with Crippen LogP contribution in [0, 0.1) is 40.7 Å². The van der Waals surface area contributed by atoms with Gasteiger partial charge in [-0.05, 0) is 76.1 Å². The van der Waals surface area contributed by atoms with Gasteiger partial charge in [-0.25, -0.2) is 8.78 Å². The summed E-state index contributed by atoms with van der Waals surface area (Å²) < 4.78 is 38.3. The first-order valence-electron chi connectivity index (χ1n) is 17.1. The molecular formula is C39H39F2N7O2. The predicted octanol–water partition coefficient (Wildman–Crippen LogP) is 6.25. The fraction of sp³-hybridized carbons (Fsp3) is 0.410. The number of carbonyl (C=O) groups is 1. The normalized spacial score (nSPS) is 21.7. The van der Waals surface area contributed by atoms with Crippen LogP contribution in [0.2, 0.25) is 0 Å². The molecule has 2 atom stereocenters. The molecule has 3 aliphatic rings. The summed E-state index contributed by atoms with van der Waals surface area (Å²) in [7, 11) is 1.67. The molecule has 3 saturated heterocycles. The SMILES string of the molecule is C#Cc1c(F)ccc2cccc(-c3ncc4c(N5CCCC(C)(C#N)C(N(C)C(=O)C=C)C5)nc(OCC56CCCN5CCC6)nc4c3F)c12. The second-order valence-corrected chi connectivity index (χ2v) is 13.9. The van der Waals surface area contributed by atoms with Crippen LogP contribution >= 0.6 is 0 Å². The maximum absolute atomic E-state index is 17.0. The second-order valence-electron chi connectivity index (χ2n) is 13.9. The lowest BCUT2D eigenvalue weighted by atomic mass is 9.79. The number of likely N-dealkylation sites (N-methyl/N-ethyl adjacent to an activating group) is 1. The summed E-state index contributed by atoms with van der Waals surface area (Å²) in [6.07, 6.45) is 13.9. The predicted molar refractivity (Wildman–Crippen MR) is 188 cm³/mol. The smallest absolute Gasteiger partial charge is 0.319 e. The molecule has 1 amide bonds. The Bertz CT molecular complexity index is 2100. The molecule has 4 aromatic rings. The van der Waals surface area contributed by atoms with Crippen LogP contribution in [0.25, 0.3) is 32.9 Å². The topological polar surface area (TPSA) is 98.5 Å². The van der Waals surface area contributed by atoms with Crippen molar-refractivity contribution in [2.45, 2.75) is 57.0 Å². The van der Waals surface area contributed by atoms with Crippen molar-refractivity contribution < 1.29 is 18.3 Å². The molecule has 50 heavy (non-hydrogen) atoms. The van der Waals surface area contributed by atoms with E-state index in [4.69, 9.17) is 16.1 Å². The van der Waals surface area contributed by atoms with Crippen molar-refractivity contribution in [3.05, 3.63) is 66.4 Å². The van der Waals surface area contributed by atoms with E-state index in [-0.39, 0.29) is 40.8 Å². The zero-order valence-corrected chi connectivity index (χ0v) is 28.4. The van der Waals surface area contributed by atoms with Crippen molar-refractivity contribution in [2.24, 2.45) is 5.41 Å². The number of fused-ring (bicyclic) bond motifs is 3. The van der Waals surface area contributed by atoms with Crippen LogP contribution in [-0.4, -0.2) is 82.1 Å². The van der Waals surface area contributed by atoms with Gasteiger partial charge >= 0.3 is 6.01 Å². The number of aromatic nitrogens is 3. The summed E-state index contributed by atoms with van der Waals surface area (Å²) in [6.45, 7) is 8.66. The molecule has 11 heteroatoms. The highest BCUT2D eigenvalue weighted by atomic mass is 19.1. The van der Waals surface area contributed by atoms with Crippen molar-refractivity contribution in [3.8, 4) is 35.7 Å². The third-order valence-electron chi connectivity index (χ3n) is 11.1. The Morgan fingerprint density at radius 2 is 1.92 bits per heavy atom. The van der Waals surface area contributed by atoms with E-state index in [1.807, 2.05) is 11.8 Å². The third-order valence-corrected chi connectivity index (χ3v) is 11.1. The average molecular weight is 676 g/mol. The van der Waals surface area contributed by atoms with E-state index >= 15 is 4.39 Å². The van der Waals surface area contributed by atoms with Crippen molar-refractivity contribution >= 4 is 33.4 Å². The standard InChI is InChI=1S/C39H39F2N7O2/c1-5-26-29(40)14-13-25-11-7-12-27(32(25)26)34-33(41)35-28(21-43-34)36(45-37(44-35)50-24-39-16-9-19-48(39)20-10-17-39)47-18-8-15-38(3,23-42)30(22-47)46(4)31(49)6-2/h1,6-7,11-14,21,30H,2,8-10,15-20,22,24H2,3-4H3. The van der Waals surface area contributed by atoms with Crippen molar-refractivity contribution in [1.82, 2.24) is 24.8 Å². The van der Waals surface area contributed by atoms with Gasteiger partial charge in [0.2, 0.25) is 5.91 Å². The van der Waals surface area contributed by atoms with Crippen LogP contribution in [0.4, 0.5) is 14.6 Å². The number of anilines is 1. The van der Waals surface area contributed by atoms with E-state index in [9.17, 15) is 14.4 Å². The van der Waals surface area contributed by atoms with Crippen LogP contribution in [0.1, 0.15) is 51.0 Å². The number of carbonyl (C=O) groups excluding carboxylic acids is 1. The molecule has 2 aromatic carbocycles. The molecule has 256 valence electrons. The zero-order valence-electron chi connectivity index (χ0n) is 28.4. The number of terminal acetylenes is 1. The van der Waals surface area contributed by atoms with Gasteiger partial charge in [0.25, 0.3) is 0 Å². The van der Waals surface area contributed by atoms with E-state index in [0.717, 1.165) is 38.8 Å². The van der Waals surface area contributed by atoms with Gasteiger partial charge in [0.15, 0.2) is 5.82 Å². The third kappa shape index (κ3) is 5.50. The number of pyridine rings is 1. The molecule has 7 rings (SSSR count). The van der Waals surface area contributed by atoms with E-state index in [0.29, 0.717) is 53.5 Å². The fourth-order valence-corrected chi connectivity index (χ4v) is 8.34. The second kappa shape index (κ2) is 13.0. The lowest BCUT2D eigenvalue weighted by molar-refractivity contribution is -0.128. The highest BCUT2D eigenvalue weighted by Gasteiger charge is 2.45. The van der Waals surface area contributed by atoms with Crippen molar-refractivity contribution in [3.63, 3.8) is 0 Å². The van der Waals surface area contributed by atoms with E-state index in [2.05, 4.69) is 33.4 Å². The first-order chi connectivity index (χ1) is 24.1. The highest BCUT2D eigenvalue weighted by molar-refractivity contribution is 6.02. The fourth-order valence-electron chi connectivity index (χ4n) is 8.34. The Kier molecular flexibility index (Phi) is 8.65. The maximum Gasteiger partial charge on any atom is 0.319 e. The van der Waals surface area contributed by atoms with Gasteiger partial charge in [-0.2, -0.15) is 15.2 Å². The minimum Gasteiger partial charge on any atom is -0.461 e. The quantitative estimate of drug-likeness (QED) is 0.168. The molecule has 0 bridgehead atoms. The van der Waals surface area contributed by atoms with Gasteiger partial charge in [-0.15, -0.1) is 6.42 Å². The summed E-state index contributed by atoms with van der Waals surface area (Å²) in [6, 6.07) is 10.1. The largest absolute Gasteiger partial charge is 0.461 e. The minimum absolute atomic E-state index is 0.00257. The molecule has 5 heterocycles. The summed E-state index contributed by atoms with van der Waals surface area (Å²) in [4.78, 5) is 33.0. The number of benzene rings is 2. The molecule has 9 nitrogen and oxygen atoms in total. The number of hydrogen-bond acceptors (Lipinski definition) is 8. The molecule has 3 fully saturated rings. The summed E-state index contributed by atoms with van der Waals surface area (Å²) in [5, 5.41) is 11.7. The Morgan fingerprint density at radius 1 is 1.16 bits per heavy atom. The number of nitriles is 1. The number of amides is 1. The highest BCUT2D eigenvalue weighted by Crippen LogP contribution is 2.41. The molecule has 2 unspecified atom stereocenters. The Balaban J connectivity index is 1.39. The Hall–Kier alpha value is -5.13. The number of rotatable bonds is 7. The molecule has 2 aromatic heterocycles. The van der Waals surface area contributed by atoms with Gasteiger partial charge in [-0.3, -0.25) is 14.7 Å². The molecule has 0 aliphatic carbocycles. The Labute approximate surface area is 290 Å². The molecule has 0 radical (unpaired) electrons. The van der Waals surface area contributed by atoms with Gasteiger partial charge in [0, 0.05) is 37.3 Å². The van der Waals surface area contributed by atoms with Crippen LogP contribution < -0.4 is 9.64 Å². The van der Waals surface area contributed by atoms with E-state index in [1.165, 1.54) is 18.3 Å². The zero-order chi connectivity index (χ0) is 35.2. The minimum atomic E-state index is -0.854. The number of hydrogen-bond donors (Lipinski definition) is 0. The lowest BCUT2D eigenvalue weighted by Crippen LogP contribution is -2.51. The van der Waals surface area contributed by atoms with Crippen molar-refractivity contribution in [1.29, 1.82) is 5.26 Å². The van der Waals surface area contributed by atoms with E-state index in [1.54, 1.807) is 36.2 Å². The van der Waals surface area contributed by atoms with Gasteiger partial charge < -0.3 is 14.5 Å². The Morgan fingerprint density at radius 3 is 2.64 bits per heavy atom. The number of nitrogens with zero attached hydrogens (tertiary/aromatic N) is 7. The molecule has 3 aliphatic heterocycles. The summed E-state index contributed by atoms with van der Waals surface area (Å²) >= 11 is 0. The van der Waals surface area contributed by atoms with Crippen LogP contribution in [0.5, 0.6) is 6.01 Å². The molecule has 0 spiro atoms. The lowest BCUT2D eigenvalue weighted by Gasteiger charge is -2.38. The number of halogens is 2. The van der Waals surface area contributed by atoms with Crippen LogP contribution in [0.3, 0.4) is 0 Å². The number of ether oxygens (including phenoxy) is 1. The molecular weight excluding hydrogens is 636 g/mol. The van der Waals surface area contributed by atoms with Crippen molar-refractivity contribution in [2.75, 3.05) is 44.7 Å². The van der Waals surface area contributed by atoms with Gasteiger partial charge in [-0.1, -0.05) is 36.8 Å². The van der Waals surface area contributed by atoms with E-state index < -0.39 is 23.1 Å². The summed E-state index contributed by atoms with van der Waals surface area (Å²) in [5.74, 6) is 1.23. The van der Waals surface area contributed by atoms with Gasteiger partial charge in [0.05, 0.1) is 34.0 Å². The first-order valence-corrected chi connectivity index (χ1v) is 17.1. The summed E-state index contributed by atoms with van der Waals surface area (Å²) in [5.41, 5.74) is -0.621. The maximum atomic E-state index is 17.0. The first kappa shape index (κ1) is 33.4. The van der Waals surface area contributed by atoms with Crippen LogP contribution in [0.15, 0.2) is 49.2 Å².